The summed E-state index contributed by atoms with van der Waals surface area (Å²) in [5, 5.41) is 37.6. The number of carboxylic acid groups (broad SMARTS) is 4. The highest BCUT2D eigenvalue weighted by Crippen LogP contribution is 2.37. The minimum Gasteiger partial charge on any atom is -0.486 e. The van der Waals surface area contributed by atoms with Gasteiger partial charge in [-0.1, -0.05) is 30.3 Å². The van der Waals surface area contributed by atoms with Crippen molar-refractivity contribution in [2.45, 2.75) is 70.8 Å². The lowest BCUT2D eigenvalue weighted by molar-refractivity contribution is -0.139. The van der Waals surface area contributed by atoms with Crippen LogP contribution in [0.1, 0.15) is 80.1 Å². The van der Waals surface area contributed by atoms with Crippen LogP contribution >= 0.6 is 0 Å². The Morgan fingerprint density at radius 2 is 0.526 bits per heavy atom. The number of amides is 1. The number of rotatable bonds is 80. The standard InChI is InChI=1S/C81H115NO34/c83-69(9-4-17-96-25-33-104-41-44-107-36-28-99-20-12-77(87)88)59-112-72-52-66(53-73(56-72)113-60-70(84)10-5-18-97-26-34-105-42-45-108-37-29-100-21-13-78(89)90)64-49-65(51-68(50-64)81(95)116-58-63-7-2-1-3-8-63)67-54-74(114-61-71(85)11-6-19-98-27-35-106-43-46-109-38-30-101-22-14-79(91)92)57-75(55-67)115-62-76(86)82-16-24-103-32-40-111-48-47-110-39-31-102-23-15-80(93)94/h1-3,7-8,49-57H,4-6,9-48,58-62H2,(H,82,86)(H,87,88)(H,89,90)(H,91,92)(H,93,94). The zero-order valence-corrected chi connectivity index (χ0v) is 66.1. The third kappa shape index (κ3) is 55.0. The normalized spacial score (nSPS) is 11.2. The van der Waals surface area contributed by atoms with E-state index in [0.29, 0.717) is 114 Å². The van der Waals surface area contributed by atoms with Gasteiger partial charge in [0.25, 0.3) is 5.91 Å². The van der Waals surface area contributed by atoms with E-state index in [4.69, 9.17) is 120 Å². The van der Waals surface area contributed by atoms with Crippen LogP contribution in [0.4, 0.5) is 0 Å². The molecule has 0 heterocycles. The summed E-state index contributed by atoms with van der Waals surface area (Å²) in [5.41, 5.74) is 2.47. The van der Waals surface area contributed by atoms with Gasteiger partial charge < -0.3 is 125 Å². The molecular weight excluding hydrogens is 1530 g/mol. The maximum Gasteiger partial charge on any atom is 0.338 e. The van der Waals surface area contributed by atoms with E-state index >= 15 is 0 Å². The van der Waals surface area contributed by atoms with Crippen LogP contribution in [0, 0.1) is 0 Å². The Morgan fingerprint density at radius 3 is 0.819 bits per heavy atom. The van der Waals surface area contributed by atoms with Gasteiger partial charge in [0, 0.05) is 57.8 Å². The van der Waals surface area contributed by atoms with Crippen LogP contribution in [0.3, 0.4) is 0 Å². The molecule has 0 unspecified atom stereocenters. The molecule has 116 heavy (non-hydrogen) atoms. The number of benzene rings is 4. The minimum absolute atomic E-state index is 0.0756. The second-order valence-electron chi connectivity index (χ2n) is 25.1. The second-order valence-corrected chi connectivity index (χ2v) is 25.1. The zero-order chi connectivity index (χ0) is 83.4. The van der Waals surface area contributed by atoms with Gasteiger partial charge in [0.15, 0.2) is 24.0 Å². The summed E-state index contributed by atoms with van der Waals surface area (Å²) in [7, 11) is 0. The highest BCUT2D eigenvalue weighted by Gasteiger charge is 2.19. The van der Waals surface area contributed by atoms with E-state index in [2.05, 4.69) is 5.32 Å². The Morgan fingerprint density at radius 1 is 0.267 bits per heavy atom. The molecule has 0 aliphatic rings. The monoisotopic (exact) mass is 1650 g/mol. The number of hydrogen-bond donors (Lipinski definition) is 5. The summed E-state index contributed by atoms with van der Waals surface area (Å²) in [4.78, 5) is 110. The number of Topliss-reactive ketones (excluding diaryl/α,β-unsaturated/α-hetero) is 3. The number of carbonyl (C=O) groups excluding carboxylic acids is 5. The first-order valence-electron chi connectivity index (χ1n) is 38.6. The zero-order valence-electron chi connectivity index (χ0n) is 66.1. The van der Waals surface area contributed by atoms with E-state index in [1.807, 2.05) is 30.3 Å². The molecule has 4 rings (SSSR count). The number of hydrogen-bond acceptors (Lipinski definition) is 30. The van der Waals surface area contributed by atoms with E-state index in [1.54, 1.807) is 42.5 Å². The fourth-order valence-corrected chi connectivity index (χ4v) is 9.67. The average molecular weight is 1650 g/mol. The third-order valence-corrected chi connectivity index (χ3v) is 15.5. The molecule has 0 bridgehead atoms. The number of ether oxygens (including phenoxy) is 21. The highest BCUT2D eigenvalue weighted by molar-refractivity contribution is 5.94. The third-order valence-electron chi connectivity index (χ3n) is 15.5. The van der Waals surface area contributed by atoms with Crippen molar-refractivity contribution < 1.29 is 163 Å². The molecule has 0 saturated carbocycles. The van der Waals surface area contributed by atoms with Crippen LogP contribution in [0.5, 0.6) is 23.0 Å². The van der Waals surface area contributed by atoms with Crippen LogP contribution < -0.4 is 24.3 Å². The highest BCUT2D eigenvalue weighted by atomic mass is 16.6. The summed E-state index contributed by atoms with van der Waals surface area (Å²) in [6, 6.07) is 23.7. The number of aliphatic carboxylic acids is 4. The lowest BCUT2D eigenvalue weighted by Crippen LogP contribution is -2.31. The van der Waals surface area contributed by atoms with Crippen molar-refractivity contribution in [1.29, 1.82) is 0 Å². The molecule has 0 spiro atoms. The van der Waals surface area contributed by atoms with Crippen molar-refractivity contribution in [3.05, 3.63) is 96.1 Å². The van der Waals surface area contributed by atoms with Crippen molar-refractivity contribution in [2.24, 2.45) is 0 Å². The number of nitrogens with one attached hydrogen (secondary N) is 1. The predicted octanol–water partition coefficient (Wildman–Crippen LogP) is 6.22. The molecule has 1 amide bonds. The smallest absolute Gasteiger partial charge is 0.338 e. The van der Waals surface area contributed by atoms with E-state index in [0.717, 1.165) is 5.56 Å². The predicted molar refractivity (Wildman–Crippen MR) is 413 cm³/mol. The van der Waals surface area contributed by atoms with Crippen LogP contribution in [0.2, 0.25) is 0 Å². The van der Waals surface area contributed by atoms with E-state index < -0.39 is 42.4 Å². The molecule has 0 atom stereocenters. The van der Waals surface area contributed by atoms with E-state index in [1.165, 1.54) is 12.1 Å². The van der Waals surface area contributed by atoms with Crippen molar-refractivity contribution >= 4 is 53.1 Å². The van der Waals surface area contributed by atoms with E-state index in [9.17, 15) is 43.2 Å². The number of ketones is 3. The maximum absolute atomic E-state index is 14.4. The number of esters is 1. The molecule has 0 aliphatic heterocycles. The lowest BCUT2D eigenvalue weighted by atomic mass is 9.95. The van der Waals surface area contributed by atoms with Crippen molar-refractivity contribution in [2.75, 3.05) is 244 Å². The Labute approximate surface area is 675 Å². The Balaban J connectivity index is 1.52. The van der Waals surface area contributed by atoms with Crippen LogP contribution in [-0.2, 0) is 125 Å². The molecule has 35 heteroatoms. The first-order chi connectivity index (χ1) is 56.5. The Hall–Kier alpha value is -8.73. The molecule has 0 aliphatic carbocycles. The van der Waals surface area contributed by atoms with Gasteiger partial charge in [-0.3, -0.25) is 38.4 Å². The SMILES string of the molecule is O=C(O)CCOCCOCCOCCOCCCC(=O)COc1cc(OCC(=O)CCCOCCOCCOCCOCCC(=O)O)cc(-c2cc(C(=O)OCc3ccccc3)cc(-c3cc(OCC(=O)CCCOCCOCCOCCOCCC(=O)O)cc(OCC(=O)NCCOCCOCCOCCOCCC(=O)O)c3)c2)c1. The molecule has 648 valence electrons. The quantitative estimate of drug-likeness (QED) is 0.0242. The van der Waals surface area contributed by atoms with Crippen LogP contribution in [0.15, 0.2) is 84.9 Å². The topological polar surface area (TPSA) is 440 Å². The summed E-state index contributed by atoms with van der Waals surface area (Å²) in [6.45, 7) is 6.71. The molecule has 0 radical (unpaired) electrons. The van der Waals surface area contributed by atoms with E-state index in [-0.39, 0.29) is 263 Å². The molecule has 0 aromatic heterocycles. The Bertz CT molecular complexity index is 3020. The largest absolute Gasteiger partial charge is 0.486 e. The fraction of sp³-hybridized carbons (Fsp3) is 0.593. The lowest BCUT2D eigenvalue weighted by Gasteiger charge is -2.16. The van der Waals surface area contributed by atoms with Gasteiger partial charge in [-0.25, -0.2) is 4.79 Å². The summed E-state index contributed by atoms with van der Waals surface area (Å²) >= 11 is 0. The van der Waals surface area contributed by atoms with Gasteiger partial charge >= 0.3 is 29.8 Å². The van der Waals surface area contributed by atoms with Crippen LogP contribution in [0.25, 0.3) is 22.3 Å². The summed E-state index contributed by atoms with van der Waals surface area (Å²) in [6.07, 6.45) is 1.12. The molecule has 4 aromatic rings. The first-order valence-corrected chi connectivity index (χ1v) is 38.6. The fourth-order valence-electron chi connectivity index (χ4n) is 9.67. The first kappa shape index (κ1) is 99.6. The Kier molecular flexibility index (Phi) is 57.8. The molecule has 0 fully saturated rings. The molecular formula is C81H115NO34. The minimum atomic E-state index is -0.943. The number of carbonyl (C=O) groups is 9. The molecule has 5 N–H and O–H groups in total. The van der Waals surface area contributed by atoms with Gasteiger partial charge in [-0.15, -0.1) is 0 Å². The van der Waals surface area contributed by atoms with Crippen LogP contribution in [-0.4, -0.2) is 318 Å². The van der Waals surface area contributed by atoms with Crippen molar-refractivity contribution in [3.8, 4) is 45.3 Å². The van der Waals surface area contributed by atoms with Gasteiger partial charge in [-0.05, 0) is 89.5 Å². The molecule has 0 saturated heterocycles. The van der Waals surface area contributed by atoms with Gasteiger partial charge in [0.2, 0.25) is 0 Å². The second kappa shape index (κ2) is 67.3. The molecule has 4 aromatic carbocycles. The van der Waals surface area contributed by atoms with Gasteiger partial charge in [0.1, 0.15) is 49.4 Å². The van der Waals surface area contributed by atoms with Gasteiger partial charge in [0.05, 0.1) is 223 Å². The summed E-state index contributed by atoms with van der Waals surface area (Å²) < 4.78 is 118. The maximum atomic E-state index is 14.4. The van der Waals surface area contributed by atoms with Crippen molar-refractivity contribution in [1.82, 2.24) is 5.32 Å². The number of carboxylic acids is 4. The average Bonchev–Trinajstić information content (AvgIpc) is 0.793. The summed E-state index contributed by atoms with van der Waals surface area (Å²) in [5.74, 6) is -5.02. The van der Waals surface area contributed by atoms with Crippen molar-refractivity contribution in [3.63, 3.8) is 0 Å². The molecule has 35 nitrogen and oxygen atoms in total. The van der Waals surface area contributed by atoms with Gasteiger partial charge in [-0.2, -0.15) is 0 Å².